The average molecular weight is 191 g/mol. The number of likely N-dealkylation sites (N-methyl/N-ethyl adjacent to an activating group) is 1. The second kappa shape index (κ2) is 3.39. The number of nitriles is 1. The van der Waals surface area contributed by atoms with E-state index >= 15 is 0 Å². The first-order valence-electron chi connectivity index (χ1n) is 4.73. The second-order valence-corrected chi connectivity index (χ2v) is 3.70. The highest BCUT2D eigenvalue weighted by Crippen LogP contribution is 2.39. The van der Waals surface area contributed by atoms with Crippen molar-refractivity contribution in [1.29, 1.82) is 5.26 Å². The summed E-state index contributed by atoms with van der Waals surface area (Å²) in [5, 5.41) is 16.3. The van der Waals surface area contributed by atoms with Crippen LogP contribution in [0, 0.1) is 17.2 Å². The maximum atomic E-state index is 9.21. The fraction of sp³-hybridized carbons (Fsp3) is 0.667. The van der Waals surface area contributed by atoms with Gasteiger partial charge in [0.15, 0.2) is 0 Å². The van der Waals surface area contributed by atoms with Crippen LogP contribution in [0.1, 0.15) is 12.8 Å². The van der Waals surface area contributed by atoms with Crippen LogP contribution in [0.5, 0.6) is 0 Å². The highest BCUT2D eigenvalue weighted by Gasteiger charge is 2.45. The Hall–Kier alpha value is -1.41. The molecular formula is C9H13N5. The van der Waals surface area contributed by atoms with Gasteiger partial charge in [0.05, 0.1) is 12.6 Å². The Labute approximate surface area is 82.7 Å². The Morgan fingerprint density at radius 3 is 2.93 bits per heavy atom. The third-order valence-electron chi connectivity index (χ3n) is 2.80. The maximum Gasteiger partial charge on any atom is 0.137 e. The van der Waals surface area contributed by atoms with Crippen LogP contribution in [-0.2, 0) is 6.54 Å². The van der Waals surface area contributed by atoms with E-state index in [-0.39, 0.29) is 0 Å². The molecule has 1 aromatic heterocycles. The van der Waals surface area contributed by atoms with Crippen LogP contribution < -0.4 is 5.32 Å². The van der Waals surface area contributed by atoms with Crippen molar-refractivity contribution in [3.05, 3.63) is 12.7 Å². The molecule has 1 aromatic rings. The van der Waals surface area contributed by atoms with E-state index in [2.05, 4.69) is 21.5 Å². The van der Waals surface area contributed by atoms with Crippen molar-refractivity contribution in [2.24, 2.45) is 5.92 Å². The molecule has 1 unspecified atom stereocenters. The van der Waals surface area contributed by atoms with E-state index in [9.17, 15) is 5.26 Å². The van der Waals surface area contributed by atoms with Gasteiger partial charge in [-0.15, -0.1) is 0 Å². The van der Waals surface area contributed by atoms with Gasteiger partial charge in [-0.2, -0.15) is 10.4 Å². The molecule has 1 saturated carbocycles. The van der Waals surface area contributed by atoms with Gasteiger partial charge < -0.3 is 5.32 Å². The molecule has 5 nitrogen and oxygen atoms in total. The summed E-state index contributed by atoms with van der Waals surface area (Å²) in [6, 6.07) is 2.37. The molecule has 5 heteroatoms. The van der Waals surface area contributed by atoms with Crippen LogP contribution in [0.2, 0.25) is 0 Å². The molecular weight excluding hydrogens is 178 g/mol. The van der Waals surface area contributed by atoms with Gasteiger partial charge in [0.1, 0.15) is 18.2 Å². The number of aromatic nitrogens is 3. The van der Waals surface area contributed by atoms with Crippen molar-refractivity contribution in [2.45, 2.75) is 24.9 Å². The van der Waals surface area contributed by atoms with Crippen LogP contribution in [0.4, 0.5) is 0 Å². The van der Waals surface area contributed by atoms with Crippen molar-refractivity contribution in [3.8, 4) is 6.07 Å². The standard InChI is InChI=1S/C9H13N5/c1-11-9(4-10,8-2-3-8)5-14-7-12-6-13-14/h6-8,11H,2-3,5H2,1H3. The van der Waals surface area contributed by atoms with Gasteiger partial charge in [-0.25, -0.2) is 4.98 Å². The molecule has 0 saturated heterocycles. The Morgan fingerprint density at radius 1 is 1.71 bits per heavy atom. The van der Waals surface area contributed by atoms with Crippen LogP contribution in [0.25, 0.3) is 0 Å². The predicted molar refractivity (Wildman–Crippen MR) is 50.1 cm³/mol. The number of nitrogens with zero attached hydrogens (tertiary/aromatic N) is 4. The van der Waals surface area contributed by atoms with Crippen molar-refractivity contribution in [1.82, 2.24) is 20.1 Å². The zero-order valence-electron chi connectivity index (χ0n) is 8.14. The quantitative estimate of drug-likeness (QED) is 0.736. The summed E-state index contributed by atoms with van der Waals surface area (Å²) in [6.07, 6.45) is 5.39. The van der Waals surface area contributed by atoms with Gasteiger partial charge >= 0.3 is 0 Å². The summed E-state index contributed by atoms with van der Waals surface area (Å²) in [6.45, 7) is 0.574. The highest BCUT2D eigenvalue weighted by molar-refractivity contribution is 5.14. The van der Waals surface area contributed by atoms with E-state index in [4.69, 9.17) is 0 Å². The van der Waals surface area contributed by atoms with Gasteiger partial charge in [-0.1, -0.05) is 0 Å². The smallest absolute Gasteiger partial charge is 0.137 e. The normalized spacial score (nSPS) is 20.0. The lowest BCUT2D eigenvalue weighted by Gasteiger charge is -2.25. The largest absolute Gasteiger partial charge is 0.301 e. The summed E-state index contributed by atoms with van der Waals surface area (Å²) in [4.78, 5) is 3.87. The third-order valence-corrected chi connectivity index (χ3v) is 2.80. The monoisotopic (exact) mass is 191 g/mol. The minimum atomic E-state index is -0.465. The molecule has 1 fully saturated rings. The minimum Gasteiger partial charge on any atom is -0.301 e. The lowest BCUT2D eigenvalue weighted by atomic mass is 9.95. The van der Waals surface area contributed by atoms with E-state index < -0.39 is 5.54 Å². The SMILES string of the molecule is CNC(C#N)(Cn1cncn1)C1CC1. The first-order chi connectivity index (χ1) is 6.80. The summed E-state index contributed by atoms with van der Waals surface area (Å²) >= 11 is 0. The molecule has 0 bridgehead atoms. The Kier molecular flexibility index (Phi) is 2.22. The maximum absolute atomic E-state index is 9.21. The number of rotatable bonds is 4. The van der Waals surface area contributed by atoms with Crippen LogP contribution >= 0.6 is 0 Å². The molecule has 0 amide bonds. The molecule has 1 heterocycles. The fourth-order valence-electron chi connectivity index (χ4n) is 1.74. The number of hydrogen-bond donors (Lipinski definition) is 1. The lowest BCUT2D eigenvalue weighted by molar-refractivity contribution is 0.325. The third kappa shape index (κ3) is 1.49. The Balaban J connectivity index is 2.15. The van der Waals surface area contributed by atoms with E-state index in [1.54, 1.807) is 11.0 Å². The van der Waals surface area contributed by atoms with Gasteiger partial charge in [0, 0.05) is 0 Å². The van der Waals surface area contributed by atoms with Crippen LogP contribution in [-0.4, -0.2) is 27.4 Å². The van der Waals surface area contributed by atoms with Crippen molar-refractivity contribution in [3.63, 3.8) is 0 Å². The zero-order valence-corrected chi connectivity index (χ0v) is 8.14. The minimum absolute atomic E-state index is 0.460. The molecule has 0 spiro atoms. The number of hydrogen-bond acceptors (Lipinski definition) is 4. The lowest BCUT2D eigenvalue weighted by Crippen LogP contribution is -2.47. The number of nitrogens with one attached hydrogen (secondary N) is 1. The molecule has 0 radical (unpaired) electrons. The van der Waals surface area contributed by atoms with Crippen molar-refractivity contribution in [2.75, 3.05) is 7.05 Å². The molecule has 1 aliphatic carbocycles. The Bertz CT molecular complexity index is 335. The second-order valence-electron chi connectivity index (χ2n) is 3.70. The molecule has 2 rings (SSSR count). The van der Waals surface area contributed by atoms with Gasteiger partial charge in [-0.3, -0.25) is 4.68 Å². The Morgan fingerprint density at radius 2 is 2.50 bits per heavy atom. The van der Waals surface area contributed by atoms with Gasteiger partial charge in [0.25, 0.3) is 0 Å². The van der Waals surface area contributed by atoms with E-state index in [0.29, 0.717) is 12.5 Å². The van der Waals surface area contributed by atoms with Gasteiger partial charge in [0.2, 0.25) is 0 Å². The first kappa shape index (κ1) is 9.16. The van der Waals surface area contributed by atoms with Crippen molar-refractivity contribution < 1.29 is 0 Å². The fourth-order valence-corrected chi connectivity index (χ4v) is 1.74. The van der Waals surface area contributed by atoms with Gasteiger partial charge in [-0.05, 0) is 25.8 Å². The summed E-state index contributed by atoms with van der Waals surface area (Å²) < 4.78 is 1.71. The summed E-state index contributed by atoms with van der Waals surface area (Å²) in [5.41, 5.74) is -0.465. The zero-order chi connectivity index (χ0) is 10.0. The average Bonchev–Trinajstić information content (AvgIpc) is 2.95. The predicted octanol–water partition coefficient (Wildman–Crippen LogP) is 0.170. The van der Waals surface area contributed by atoms with E-state index in [1.807, 2.05) is 7.05 Å². The van der Waals surface area contributed by atoms with E-state index in [1.165, 1.54) is 6.33 Å². The van der Waals surface area contributed by atoms with Crippen LogP contribution in [0.15, 0.2) is 12.7 Å². The van der Waals surface area contributed by atoms with E-state index in [0.717, 1.165) is 12.8 Å². The molecule has 14 heavy (non-hydrogen) atoms. The van der Waals surface area contributed by atoms with Crippen LogP contribution in [0.3, 0.4) is 0 Å². The summed E-state index contributed by atoms with van der Waals surface area (Å²) in [5.74, 6) is 0.460. The topological polar surface area (TPSA) is 66.5 Å². The molecule has 1 N–H and O–H groups in total. The molecule has 1 atom stereocenters. The summed E-state index contributed by atoms with van der Waals surface area (Å²) in [7, 11) is 1.83. The molecule has 74 valence electrons. The first-order valence-corrected chi connectivity index (χ1v) is 4.73. The van der Waals surface area contributed by atoms with Crippen molar-refractivity contribution >= 4 is 0 Å². The molecule has 0 aromatic carbocycles. The highest BCUT2D eigenvalue weighted by atomic mass is 15.3. The molecule has 1 aliphatic rings. The molecule has 0 aliphatic heterocycles.